The molecule has 1 aliphatic heterocycles. The number of halogens is 1. The van der Waals surface area contributed by atoms with E-state index in [4.69, 9.17) is 9.84 Å². The van der Waals surface area contributed by atoms with Crippen LogP contribution >= 0.6 is 0 Å². The molecular weight excluding hydrogens is 263 g/mol. The number of aromatic carboxylic acids is 1. The Balaban J connectivity index is 1.98. The fraction of sp³-hybridized carbons (Fsp3) is 0.500. The second-order valence-corrected chi connectivity index (χ2v) is 4.76. The van der Waals surface area contributed by atoms with Crippen molar-refractivity contribution >= 4 is 11.7 Å². The predicted molar refractivity (Wildman–Crippen MR) is 73.7 cm³/mol. The van der Waals surface area contributed by atoms with Gasteiger partial charge in [0.25, 0.3) is 0 Å². The summed E-state index contributed by atoms with van der Waals surface area (Å²) in [6, 6.07) is 3.71. The number of hydrogen-bond acceptors (Lipinski definition) is 4. The largest absolute Gasteiger partial charge is 0.478 e. The number of ether oxygens (including phenoxy) is 1. The number of benzene rings is 1. The van der Waals surface area contributed by atoms with E-state index in [1.54, 1.807) is 0 Å². The summed E-state index contributed by atoms with van der Waals surface area (Å²) in [5.74, 6) is -1.70. The molecule has 2 N–H and O–H groups in total. The monoisotopic (exact) mass is 282 g/mol. The maximum Gasteiger partial charge on any atom is 0.337 e. The van der Waals surface area contributed by atoms with Crippen molar-refractivity contribution in [2.45, 2.75) is 13.0 Å². The van der Waals surface area contributed by atoms with Gasteiger partial charge in [0.2, 0.25) is 0 Å². The smallest absolute Gasteiger partial charge is 0.337 e. The third kappa shape index (κ3) is 3.68. The fourth-order valence-corrected chi connectivity index (χ4v) is 2.26. The van der Waals surface area contributed by atoms with Gasteiger partial charge in [0.1, 0.15) is 5.82 Å². The van der Waals surface area contributed by atoms with Crippen molar-refractivity contribution in [3.05, 3.63) is 29.6 Å². The average Bonchev–Trinajstić information content (AvgIpc) is 2.46. The van der Waals surface area contributed by atoms with E-state index in [1.807, 2.05) is 0 Å². The van der Waals surface area contributed by atoms with Crippen molar-refractivity contribution < 1.29 is 19.0 Å². The molecule has 1 aromatic rings. The summed E-state index contributed by atoms with van der Waals surface area (Å²) in [5.41, 5.74) is 0.351. The molecule has 1 atom stereocenters. The molecule has 5 nitrogen and oxygen atoms in total. The van der Waals surface area contributed by atoms with E-state index in [0.29, 0.717) is 18.8 Å². The Bertz CT molecular complexity index is 481. The minimum absolute atomic E-state index is 0.00963. The number of nitrogens with zero attached hydrogens (tertiary/aromatic N) is 1. The van der Waals surface area contributed by atoms with Crippen LogP contribution in [0.5, 0.6) is 0 Å². The van der Waals surface area contributed by atoms with E-state index in [9.17, 15) is 9.18 Å². The van der Waals surface area contributed by atoms with Crippen molar-refractivity contribution in [1.82, 2.24) is 4.90 Å². The summed E-state index contributed by atoms with van der Waals surface area (Å²) in [6.45, 7) is 5.98. The number of carbonyl (C=O) groups is 1. The lowest BCUT2D eigenvalue weighted by Crippen LogP contribution is -2.45. The maximum atomic E-state index is 13.1. The number of rotatable bonds is 5. The molecule has 0 saturated carbocycles. The molecule has 6 heteroatoms. The minimum Gasteiger partial charge on any atom is -0.478 e. The number of likely N-dealkylation sites (N-methyl/N-ethyl adjacent to an activating group) is 1. The van der Waals surface area contributed by atoms with Gasteiger partial charge in [-0.1, -0.05) is 6.92 Å². The van der Waals surface area contributed by atoms with Crippen LogP contribution in [-0.4, -0.2) is 54.9 Å². The molecule has 0 aliphatic carbocycles. The molecule has 110 valence electrons. The summed E-state index contributed by atoms with van der Waals surface area (Å²) < 4.78 is 18.7. The first-order valence-corrected chi connectivity index (χ1v) is 6.70. The first-order valence-electron chi connectivity index (χ1n) is 6.70. The molecule has 20 heavy (non-hydrogen) atoms. The fourth-order valence-electron chi connectivity index (χ4n) is 2.26. The summed E-state index contributed by atoms with van der Waals surface area (Å²) in [6.07, 6.45) is 0.00963. The van der Waals surface area contributed by atoms with Gasteiger partial charge in [-0.25, -0.2) is 9.18 Å². The quantitative estimate of drug-likeness (QED) is 0.860. The minimum atomic E-state index is -1.15. The van der Waals surface area contributed by atoms with Gasteiger partial charge in [-0.05, 0) is 24.7 Å². The van der Waals surface area contributed by atoms with E-state index < -0.39 is 11.8 Å². The van der Waals surface area contributed by atoms with Crippen LogP contribution in [0.2, 0.25) is 0 Å². The molecule has 0 aromatic heterocycles. The third-order valence-electron chi connectivity index (χ3n) is 3.40. The summed E-state index contributed by atoms with van der Waals surface area (Å²) in [7, 11) is 0. The Morgan fingerprint density at radius 1 is 1.60 bits per heavy atom. The Morgan fingerprint density at radius 2 is 2.40 bits per heavy atom. The molecule has 0 amide bonds. The number of carboxylic acid groups (broad SMARTS) is 1. The van der Waals surface area contributed by atoms with E-state index >= 15 is 0 Å². The number of anilines is 1. The van der Waals surface area contributed by atoms with Gasteiger partial charge in [0, 0.05) is 25.3 Å². The topological polar surface area (TPSA) is 61.8 Å². The van der Waals surface area contributed by atoms with Crippen LogP contribution in [0.3, 0.4) is 0 Å². The van der Waals surface area contributed by atoms with Gasteiger partial charge in [0.05, 0.1) is 18.3 Å². The third-order valence-corrected chi connectivity index (χ3v) is 3.40. The van der Waals surface area contributed by atoms with Crippen molar-refractivity contribution in [2.75, 3.05) is 38.1 Å². The Kier molecular flexibility index (Phi) is 4.92. The summed E-state index contributed by atoms with van der Waals surface area (Å²) in [5, 5.41) is 12.1. The molecule has 0 bridgehead atoms. The van der Waals surface area contributed by atoms with E-state index in [1.165, 1.54) is 12.1 Å². The molecule has 0 spiro atoms. The van der Waals surface area contributed by atoms with Crippen LogP contribution in [0, 0.1) is 5.82 Å². The lowest BCUT2D eigenvalue weighted by molar-refractivity contribution is -0.0191. The van der Waals surface area contributed by atoms with E-state index in [2.05, 4.69) is 17.1 Å². The van der Waals surface area contributed by atoms with Gasteiger partial charge >= 0.3 is 5.97 Å². The molecule has 1 heterocycles. The van der Waals surface area contributed by atoms with Crippen LogP contribution in [0.15, 0.2) is 18.2 Å². The zero-order valence-corrected chi connectivity index (χ0v) is 11.4. The zero-order valence-electron chi connectivity index (χ0n) is 11.4. The van der Waals surface area contributed by atoms with Crippen LogP contribution in [-0.2, 0) is 4.74 Å². The van der Waals surface area contributed by atoms with Crippen molar-refractivity contribution in [3.63, 3.8) is 0 Å². The molecule has 0 radical (unpaired) electrons. The lowest BCUT2D eigenvalue weighted by atomic mass is 10.1. The summed E-state index contributed by atoms with van der Waals surface area (Å²) in [4.78, 5) is 13.4. The first kappa shape index (κ1) is 14.7. The number of hydrogen-bond donors (Lipinski definition) is 2. The highest BCUT2D eigenvalue weighted by atomic mass is 19.1. The van der Waals surface area contributed by atoms with Crippen LogP contribution in [0.4, 0.5) is 10.1 Å². The lowest BCUT2D eigenvalue weighted by Gasteiger charge is -2.32. The zero-order chi connectivity index (χ0) is 14.5. The molecule has 1 aliphatic rings. The van der Waals surface area contributed by atoms with Crippen LogP contribution in [0.25, 0.3) is 0 Å². The number of nitrogens with one attached hydrogen (secondary N) is 1. The molecule has 1 aromatic carbocycles. The Labute approximate surface area is 117 Å². The van der Waals surface area contributed by atoms with Gasteiger partial charge in [-0.3, -0.25) is 4.90 Å². The highest BCUT2D eigenvalue weighted by Gasteiger charge is 2.20. The van der Waals surface area contributed by atoms with Gasteiger partial charge in [0.15, 0.2) is 0 Å². The second-order valence-electron chi connectivity index (χ2n) is 4.76. The Morgan fingerprint density at radius 3 is 3.10 bits per heavy atom. The molecule has 1 fully saturated rings. The molecular formula is C14H19FN2O3. The van der Waals surface area contributed by atoms with Gasteiger partial charge in [-0.2, -0.15) is 0 Å². The number of carboxylic acids is 1. The predicted octanol–water partition coefficient (Wildman–Crippen LogP) is 1.66. The second kappa shape index (κ2) is 6.67. The van der Waals surface area contributed by atoms with Crippen LogP contribution in [0.1, 0.15) is 17.3 Å². The molecule has 2 rings (SSSR count). The van der Waals surface area contributed by atoms with Crippen LogP contribution < -0.4 is 5.32 Å². The van der Waals surface area contributed by atoms with Crippen molar-refractivity contribution in [2.24, 2.45) is 0 Å². The highest BCUT2D eigenvalue weighted by Crippen LogP contribution is 2.17. The van der Waals surface area contributed by atoms with Gasteiger partial charge in [-0.15, -0.1) is 0 Å². The number of morpholine rings is 1. The van der Waals surface area contributed by atoms with E-state index in [-0.39, 0.29) is 11.7 Å². The first-order chi connectivity index (χ1) is 9.60. The average molecular weight is 282 g/mol. The molecule has 1 saturated heterocycles. The summed E-state index contributed by atoms with van der Waals surface area (Å²) >= 11 is 0. The van der Waals surface area contributed by atoms with Crippen molar-refractivity contribution in [3.8, 4) is 0 Å². The Hall–Kier alpha value is -1.66. The molecule has 1 unspecified atom stereocenters. The van der Waals surface area contributed by atoms with Crippen molar-refractivity contribution in [1.29, 1.82) is 0 Å². The van der Waals surface area contributed by atoms with Gasteiger partial charge < -0.3 is 15.2 Å². The SMILES string of the molecule is CCN1CCOC(CNc2ccc(F)cc2C(=O)O)C1. The normalized spacial score (nSPS) is 19.8. The van der Waals surface area contributed by atoms with E-state index in [0.717, 1.165) is 25.7 Å². The maximum absolute atomic E-state index is 13.1. The standard InChI is InChI=1S/C14H19FN2O3/c1-2-17-5-6-20-11(9-17)8-16-13-4-3-10(15)7-12(13)14(18)19/h3-4,7,11,16H,2,5-6,8-9H2,1H3,(H,18,19). The highest BCUT2D eigenvalue weighted by molar-refractivity contribution is 5.94.